The molecule has 1 N–H and O–H groups in total. The van der Waals surface area contributed by atoms with E-state index in [1.807, 2.05) is 6.92 Å². The third kappa shape index (κ3) is 4.70. The van der Waals surface area contributed by atoms with E-state index in [-0.39, 0.29) is 11.1 Å². The van der Waals surface area contributed by atoms with Gasteiger partial charge in [-0.05, 0) is 31.9 Å². The van der Waals surface area contributed by atoms with Gasteiger partial charge in [-0.1, -0.05) is 13.0 Å². The number of sulfone groups is 1. The lowest BCUT2D eigenvalue weighted by molar-refractivity contribution is 0.107. The second-order valence-electron chi connectivity index (χ2n) is 7.92. The van der Waals surface area contributed by atoms with Crippen molar-refractivity contribution in [1.82, 2.24) is 0 Å². The summed E-state index contributed by atoms with van der Waals surface area (Å²) in [5.74, 6) is -8.81. The first-order chi connectivity index (χ1) is 15.4. The van der Waals surface area contributed by atoms with Gasteiger partial charge in [0, 0.05) is 28.8 Å². The average Bonchev–Trinajstić information content (AvgIpc) is 2.76. The molecule has 0 aliphatic carbocycles. The zero-order chi connectivity index (χ0) is 24.7. The number of fused-ring (bicyclic) bond motifs is 1. The molecule has 1 heterocycles. The summed E-state index contributed by atoms with van der Waals surface area (Å²) in [6.07, 6.45) is -0.727. The van der Waals surface area contributed by atoms with Gasteiger partial charge in [-0.25, -0.2) is 30.8 Å². The van der Waals surface area contributed by atoms with Gasteiger partial charge in [0.15, 0.2) is 33.1 Å². The minimum absolute atomic E-state index is 0.160. The Morgan fingerprint density at radius 2 is 1.67 bits per heavy atom. The number of amides is 1. The molecule has 0 bridgehead atoms. The number of hydrogen-bond donors (Lipinski definition) is 1. The Morgan fingerprint density at radius 1 is 1.06 bits per heavy atom. The van der Waals surface area contributed by atoms with Gasteiger partial charge in [0.1, 0.15) is 6.10 Å². The molecule has 0 aromatic heterocycles. The number of halogens is 4. The van der Waals surface area contributed by atoms with E-state index in [1.54, 1.807) is 6.92 Å². The van der Waals surface area contributed by atoms with Gasteiger partial charge in [-0.2, -0.15) is 0 Å². The molecule has 0 fully saturated rings. The Balaban J connectivity index is 2.01. The van der Waals surface area contributed by atoms with Crippen molar-refractivity contribution in [2.75, 3.05) is 11.4 Å². The van der Waals surface area contributed by atoms with Crippen molar-refractivity contribution in [3.8, 4) is 0 Å². The van der Waals surface area contributed by atoms with Crippen LogP contribution in [-0.2, 0) is 32.7 Å². The normalized spacial score (nSPS) is 16.1. The largest absolute Gasteiger partial charge is 0.441 e. The van der Waals surface area contributed by atoms with Crippen molar-refractivity contribution in [3.05, 3.63) is 63.2 Å². The number of hydrogen-bond acceptors (Lipinski definition) is 5. The molecule has 11 heteroatoms. The maximum atomic E-state index is 14.2. The summed E-state index contributed by atoms with van der Waals surface area (Å²) in [4.78, 5) is 13.6. The molecule has 6 nitrogen and oxygen atoms in total. The number of nitrogens with zero attached hydrogens (tertiary/aromatic N) is 1. The number of benzene rings is 2. The molecular formula is C22H23F4NO5S. The van der Waals surface area contributed by atoms with E-state index < -0.39 is 74.5 Å². The summed E-state index contributed by atoms with van der Waals surface area (Å²) in [5.41, 5.74) is -0.776. The van der Waals surface area contributed by atoms with Gasteiger partial charge in [-0.3, -0.25) is 4.90 Å². The highest BCUT2D eigenvalue weighted by Gasteiger charge is 2.33. The second kappa shape index (κ2) is 9.30. The van der Waals surface area contributed by atoms with E-state index in [2.05, 4.69) is 0 Å². The average molecular weight is 489 g/mol. The third-order valence-electron chi connectivity index (χ3n) is 5.43. The Kier molecular flexibility index (Phi) is 7.04. The summed E-state index contributed by atoms with van der Waals surface area (Å²) in [7, 11) is -4.30. The van der Waals surface area contributed by atoms with E-state index in [1.165, 1.54) is 17.0 Å². The summed E-state index contributed by atoms with van der Waals surface area (Å²) >= 11 is 0. The number of anilines is 1. The quantitative estimate of drug-likeness (QED) is 0.455. The van der Waals surface area contributed by atoms with Crippen molar-refractivity contribution in [2.45, 2.75) is 51.4 Å². The first-order valence-corrected chi connectivity index (χ1v) is 12.0. The van der Waals surface area contributed by atoms with Gasteiger partial charge in [-0.15, -0.1) is 0 Å². The number of carbonyl (C=O) groups is 1. The topological polar surface area (TPSA) is 83.9 Å². The van der Waals surface area contributed by atoms with E-state index in [0.29, 0.717) is 24.2 Å². The number of carbonyl (C=O) groups excluding carboxylic acids is 1. The minimum Gasteiger partial charge on any atom is -0.441 e. The van der Waals surface area contributed by atoms with Gasteiger partial charge in [0.05, 0.1) is 23.8 Å². The number of rotatable bonds is 7. The Morgan fingerprint density at radius 3 is 2.21 bits per heavy atom. The molecule has 33 heavy (non-hydrogen) atoms. The third-order valence-corrected chi connectivity index (χ3v) is 6.93. The molecule has 1 amide bonds. The highest BCUT2D eigenvalue weighted by atomic mass is 32.2. The van der Waals surface area contributed by atoms with Crippen LogP contribution in [0.1, 0.15) is 54.2 Å². The second-order valence-corrected chi connectivity index (χ2v) is 9.98. The molecule has 0 spiro atoms. The number of ether oxygens (including phenoxy) is 1. The van der Waals surface area contributed by atoms with Crippen LogP contribution in [0.25, 0.3) is 0 Å². The smallest absolute Gasteiger partial charge is 0.414 e. The van der Waals surface area contributed by atoms with Crippen LogP contribution >= 0.6 is 0 Å². The fourth-order valence-corrected chi connectivity index (χ4v) is 5.33. The lowest BCUT2D eigenvalue weighted by Crippen LogP contribution is -2.38. The Labute approximate surface area is 188 Å². The van der Waals surface area contributed by atoms with Crippen molar-refractivity contribution < 1.29 is 40.6 Å². The summed E-state index contributed by atoms with van der Waals surface area (Å²) in [5, 5.41) is 9.86. The van der Waals surface area contributed by atoms with Crippen molar-refractivity contribution in [2.24, 2.45) is 0 Å². The molecule has 2 aromatic carbocycles. The molecule has 2 aromatic rings. The predicted molar refractivity (Wildman–Crippen MR) is 112 cm³/mol. The van der Waals surface area contributed by atoms with Crippen LogP contribution in [0, 0.1) is 30.2 Å². The van der Waals surface area contributed by atoms with Gasteiger partial charge in [0.25, 0.3) is 0 Å². The maximum Gasteiger partial charge on any atom is 0.414 e. The van der Waals surface area contributed by atoms with Gasteiger partial charge < -0.3 is 9.84 Å². The Bertz CT molecular complexity index is 1190. The zero-order valence-corrected chi connectivity index (χ0v) is 19.0. The summed E-state index contributed by atoms with van der Waals surface area (Å²) in [6.45, 7) is 4.08. The lowest BCUT2D eigenvalue weighted by atomic mass is 9.98. The molecule has 0 saturated heterocycles. The highest BCUT2D eigenvalue weighted by molar-refractivity contribution is 7.89. The van der Waals surface area contributed by atoms with Crippen LogP contribution in [-0.4, -0.2) is 26.2 Å². The lowest BCUT2D eigenvalue weighted by Gasteiger charge is -2.34. The highest BCUT2D eigenvalue weighted by Crippen LogP contribution is 2.39. The van der Waals surface area contributed by atoms with Crippen LogP contribution < -0.4 is 4.90 Å². The molecule has 1 unspecified atom stereocenters. The molecule has 1 aliphatic rings. The fraction of sp³-hybridized carbons (Fsp3) is 0.409. The zero-order valence-electron chi connectivity index (χ0n) is 18.2. The maximum absolute atomic E-state index is 14.2. The van der Waals surface area contributed by atoms with Crippen molar-refractivity contribution >= 4 is 21.6 Å². The molecule has 0 saturated carbocycles. The van der Waals surface area contributed by atoms with Crippen LogP contribution in [0.5, 0.6) is 0 Å². The SMILES string of the molecule is CCCN1C(=O)OC(C)c2cc(CS(=O)(=O)Cc3c(F)c(F)c(C)c(F)c3F)cc(CO)c21. The van der Waals surface area contributed by atoms with E-state index >= 15 is 0 Å². The van der Waals surface area contributed by atoms with E-state index in [9.17, 15) is 35.9 Å². The molecule has 1 atom stereocenters. The van der Waals surface area contributed by atoms with Gasteiger partial charge in [0.2, 0.25) is 0 Å². The van der Waals surface area contributed by atoms with Crippen LogP contribution in [0.4, 0.5) is 28.0 Å². The first-order valence-electron chi connectivity index (χ1n) is 10.2. The molecule has 3 rings (SSSR count). The molecule has 0 radical (unpaired) electrons. The summed E-state index contributed by atoms with van der Waals surface area (Å²) in [6, 6.07) is 2.84. The number of aliphatic hydroxyl groups is 1. The van der Waals surface area contributed by atoms with Crippen LogP contribution in [0.2, 0.25) is 0 Å². The minimum atomic E-state index is -4.30. The summed E-state index contributed by atoms with van der Waals surface area (Å²) < 4.78 is 86.8. The van der Waals surface area contributed by atoms with Crippen molar-refractivity contribution in [3.63, 3.8) is 0 Å². The number of cyclic esters (lactones) is 1. The standard InChI is InChI=1S/C22H23F4NO5S/c1-4-5-27-21-14(8-28)6-13(7-15(21)12(3)32-22(27)29)9-33(30,31)10-16-19(25)17(23)11(2)18(24)20(16)26/h6-7,12,28H,4-5,8-10H2,1-3H3. The van der Waals surface area contributed by atoms with Crippen molar-refractivity contribution in [1.29, 1.82) is 0 Å². The van der Waals surface area contributed by atoms with E-state index in [0.717, 1.165) is 6.92 Å². The number of aliphatic hydroxyl groups excluding tert-OH is 1. The molecule has 1 aliphatic heterocycles. The van der Waals surface area contributed by atoms with Gasteiger partial charge >= 0.3 is 6.09 Å². The van der Waals surface area contributed by atoms with Crippen LogP contribution in [0.15, 0.2) is 12.1 Å². The molecule has 180 valence electrons. The Hall–Kier alpha value is -2.66. The predicted octanol–water partition coefficient (Wildman–Crippen LogP) is 4.59. The van der Waals surface area contributed by atoms with Crippen LogP contribution in [0.3, 0.4) is 0 Å². The first kappa shape index (κ1) is 25.0. The monoisotopic (exact) mass is 489 g/mol. The fourth-order valence-electron chi connectivity index (χ4n) is 3.87. The molecular weight excluding hydrogens is 466 g/mol. The van der Waals surface area contributed by atoms with E-state index in [4.69, 9.17) is 4.74 Å².